The number of fused-ring (bicyclic) bond motifs is 1. The van der Waals surface area contributed by atoms with Crippen molar-refractivity contribution in [2.24, 2.45) is 5.92 Å². The monoisotopic (exact) mass is 284 g/mol. The molecule has 0 unspecified atom stereocenters. The Morgan fingerprint density at radius 2 is 2.17 bits per heavy atom. The average Bonchev–Trinajstić information content (AvgIpc) is 2.93. The molecule has 0 spiro atoms. The Morgan fingerprint density at radius 3 is 2.89 bits per heavy atom. The summed E-state index contributed by atoms with van der Waals surface area (Å²) in [6.07, 6.45) is 6.53. The molecule has 5 nitrogen and oxygen atoms in total. The molecule has 0 radical (unpaired) electrons. The van der Waals surface area contributed by atoms with E-state index in [1.807, 2.05) is 16.7 Å². The van der Waals surface area contributed by atoms with Gasteiger partial charge in [0.2, 0.25) is 5.28 Å². The third kappa shape index (κ3) is 1.88. The predicted molar refractivity (Wildman–Crippen MR) is 68.7 cm³/mol. The van der Waals surface area contributed by atoms with Crippen LogP contribution >= 0.6 is 23.2 Å². The number of allylic oxidation sites excluding steroid dienone is 1. The molecule has 0 aromatic carbocycles. The molecule has 1 aliphatic carbocycles. The molecule has 0 saturated carbocycles. The fraction of sp³-hybridized carbons (Fsp3) is 0.364. The number of aliphatic hydroxyl groups excluding tert-OH is 1. The molecule has 1 N–H and O–H groups in total. The first kappa shape index (κ1) is 11.9. The highest BCUT2D eigenvalue weighted by atomic mass is 35.5. The molecule has 2 aromatic heterocycles. The maximum atomic E-state index is 9.14. The van der Waals surface area contributed by atoms with Crippen LogP contribution in [0.5, 0.6) is 0 Å². The van der Waals surface area contributed by atoms with Gasteiger partial charge in [0, 0.05) is 12.5 Å². The minimum Gasteiger partial charge on any atom is -0.396 e. The van der Waals surface area contributed by atoms with Crippen LogP contribution in [-0.2, 0) is 0 Å². The summed E-state index contributed by atoms with van der Waals surface area (Å²) >= 11 is 11.8. The van der Waals surface area contributed by atoms with Crippen molar-refractivity contribution >= 4 is 34.4 Å². The number of aromatic nitrogens is 4. The molecule has 0 fully saturated rings. The molecule has 0 amide bonds. The smallest absolute Gasteiger partial charge is 0.225 e. The lowest BCUT2D eigenvalue weighted by Crippen LogP contribution is -2.07. The highest BCUT2D eigenvalue weighted by Crippen LogP contribution is 2.31. The quantitative estimate of drug-likeness (QED) is 0.522. The standard InChI is InChI=1S/C11H10Cl2N4O/c12-9-8-10(16-11(13)15-9)17(5-14-8)7-2-1-6(3-7)4-18/h1-2,5-7,18H,3-4H2/t6-,7+/m1/s1. The van der Waals surface area contributed by atoms with Gasteiger partial charge in [0.05, 0.1) is 12.4 Å². The summed E-state index contributed by atoms with van der Waals surface area (Å²) in [6.45, 7) is 0.149. The summed E-state index contributed by atoms with van der Waals surface area (Å²) in [7, 11) is 0. The Balaban J connectivity index is 2.06. The zero-order valence-electron chi connectivity index (χ0n) is 9.29. The van der Waals surface area contributed by atoms with Crippen molar-refractivity contribution in [3.8, 4) is 0 Å². The van der Waals surface area contributed by atoms with Crippen LogP contribution in [0.4, 0.5) is 0 Å². The second-order valence-corrected chi connectivity index (χ2v) is 4.93. The molecule has 0 aliphatic heterocycles. The Labute approximate surface area is 113 Å². The fourth-order valence-electron chi connectivity index (χ4n) is 2.19. The molecule has 3 rings (SSSR count). The minimum absolute atomic E-state index is 0.106. The van der Waals surface area contributed by atoms with Crippen molar-refractivity contribution in [3.63, 3.8) is 0 Å². The van der Waals surface area contributed by atoms with Crippen molar-refractivity contribution in [2.45, 2.75) is 12.5 Å². The minimum atomic E-state index is 0.106. The molecule has 1 aliphatic rings. The third-order valence-corrected chi connectivity index (χ3v) is 3.53. The van der Waals surface area contributed by atoms with E-state index in [4.69, 9.17) is 28.3 Å². The van der Waals surface area contributed by atoms with Crippen LogP contribution in [0.3, 0.4) is 0 Å². The second-order valence-electron chi connectivity index (χ2n) is 4.24. The maximum Gasteiger partial charge on any atom is 0.225 e. The van der Waals surface area contributed by atoms with Crippen LogP contribution in [0.2, 0.25) is 10.4 Å². The van der Waals surface area contributed by atoms with Crippen LogP contribution in [0.25, 0.3) is 11.2 Å². The Bertz CT molecular complexity index is 625. The van der Waals surface area contributed by atoms with Crippen LogP contribution in [-0.4, -0.2) is 31.2 Å². The number of hydrogen-bond acceptors (Lipinski definition) is 4. The molecule has 0 bridgehead atoms. The lowest BCUT2D eigenvalue weighted by molar-refractivity contribution is 0.244. The number of halogens is 2. The van der Waals surface area contributed by atoms with Gasteiger partial charge in [-0.05, 0) is 18.0 Å². The molecule has 0 saturated heterocycles. The molecule has 2 aromatic rings. The van der Waals surface area contributed by atoms with Crippen molar-refractivity contribution in [1.29, 1.82) is 0 Å². The summed E-state index contributed by atoms with van der Waals surface area (Å²) < 4.78 is 1.90. The molecule has 2 atom stereocenters. The van der Waals surface area contributed by atoms with E-state index in [0.717, 1.165) is 6.42 Å². The normalized spacial score (nSPS) is 23.1. The van der Waals surface area contributed by atoms with E-state index in [2.05, 4.69) is 15.0 Å². The van der Waals surface area contributed by atoms with Gasteiger partial charge in [-0.1, -0.05) is 23.8 Å². The molecular formula is C11H10Cl2N4O. The summed E-state index contributed by atoms with van der Waals surface area (Å²) in [6, 6.07) is 0.120. The topological polar surface area (TPSA) is 63.8 Å². The van der Waals surface area contributed by atoms with E-state index in [0.29, 0.717) is 11.2 Å². The van der Waals surface area contributed by atoms with Crippen LogP contribution < -0.4 is 0 Å². The number of hydrogen-bond donors (Lipinski definition) is 1. The first-order valence-corrected chi connectivity index (χ1v) is 6.29. The van der Waals surface area contributed by atoms with Crippen LogP contribution in [0.1, 0.15) is 12.5 Å². The van der Waals surface area contributed by atoms with E-state index >= 15 is 0 Å². The van der Waals surface area contributed by atoms with Crippen LogP contribution in [0.15, 0.2) is 18.5 Å². The molecule has 2 heterocycles. The van der Waals surface area contributed by atoms with Gasteiger partial charge in [0.25, 0.3) is 0 Å². The second kappa shape index (κ2) is 4.50. The number of rotatable bonds is 2. The van der Waals surface area contributed by atoms with E-state index < -0.39 is 0 Å². The summed E-state index contributed by atoms with van der Waals surface area (Å²) in [5.41, 5.74) is 1.16. The highest BCUT2D eigenvalue weighted by molar-refractivity contribution is 6.35. The largest absolute Gasteiger partial charge is 0.396 e. The van der Waals surface area contributed by atoms with Crippen molar-refractivity contribution in [3.05, 3.63) is 28.9 Å². The maximum absolute atomic E-state index is 9.14. The highest BCUT2D eigenvalue weighted by Gasteiger charge is 2.22. The van der Waals surface area contributed by atoms with Gasteiger partial charge in [0.15, 0.2) is 10.8 Å². The zero-order valence-corrected chi connectivity index (χ0v) is 10.8. The van der Waals surface area contributed by atoms with Gasteiger partial charge < -0.3 is 9.67 Å². The van der Waals surface area contributed by atoms with Crippen molar-refractivity contribution < 1.29 is 5.11 Å². The van der Waals surface area contributed by atoms with E-state index in [-0.39, 0.29) is 29.0 Å². The van der Waals surface area contributed by atoms with Gasteiger partial charge in [-0.2, -0.15) is 4.98 Å². The third-order valence-electron chi connectivity index (χ3n) is 3.09. The van der Waals surface area contributed by atoms with Gasteiger partial charge >= 0.3 is 0 Å². The Kier molecular flexibility index (Phi) is 2.97. The Morgan fingerprint density at radius 1 is 1.33 bits per heavy atom. The van der Waals surface area contributed by atoms with Crippen molar-refractivity contribution in [1.82, 2.24) is 19.5 Å². The first-order valence-electron chi connectivity index (χ1n) is 5.54. The van der Waals surface area contributed by atoms with E-state index in [9.17, 15) is 0 Å². The van der Waals surface area contributed by atoms with Crippen molar-refractivity contribution in [2.75, 3.05) is 6.61 Å². The van der Waals surface area contributed by atoms with Gasteiger partial charge in [-0.15, -0.1) is 0 Å². The predicted octanol–water partition coefficient (Wildman–Crippen LogP) is 2.24. The average molecular weight is 285 g/mol. The van der Waals surface area contributed by atoms with Gasteiger partial charge in [-0.25, -0.2) is 9.97 Å². The first-order chi connectivity index (χ1) is 8.69. The summed E-state index contributed by atoms with van der Waals surface area (Å²) in [5.74, 6) is 0.181. The SMILES string of the molecule is OC[C@@H]1C=C[C@H](n2cnc3c(Cl)nc(Cl)nc32)C1. The number of imidazole rings is 1. The summed E-state index contributed by atoms with van der Waals surface area (Å²) in [5, 5.41) is 9.50. The Hall–Kier alpha value is -1.17. The number of aliphatic hydroxyl groups is 1. The van der Waals surface area contributed by atoms with Gasteiger partial charge in [-0.3, -0.25) is 0 Å². The van der Waals surface area contributed by atoms with E-state index in [1.165, 1.54) is 0 Å². The lowest BCUT2D eigenvalue weighted by Gasteiger charge is -2.12. The van der Waals surface area contributed by atoms with Crippen LogP contribution in [0, 0.1) is 5.92 Å². The van der Waals surface area contributed by atoms with E-state index in [1.54, 1.807) is 6.33 Å². The molecule has 94 valence electrons. The number of nitrogens with zero attached hydrogens (tertiary/aromatic N) is 4. The summed E-state index contributed by atoms with van der Waals surface area (Å²) in [4.78, 5) is 12.2. The zero-order chi connectivity index (χ0) is 12.7. The molecular weight excluding hydrogens is 275 g/mol. The van der Waals surface area contributed by atoms with Gasteiger partial charge in [0.1, 0.15) is 5.52 Å². The fourth-order valence-corrected chi connectivity index (χ4v) is 2.62. The molecule has 7 heteroatoms. The lowest BCUT2D eigenvalue weighted by atomic mass is 10.1. The molecule has 18 heavy (non-hydrogen) atoms.